The number of benzene rings is 1. The van der Waals surface area contributed by atoms with Crippen molar-refractivity contribution in [1.82, 2.24) is 15.0 Å². The van der Waals surface area contributed by atoms with Gasteiger partial charge in [0.15, 0.2) is 5.82 Å². The van der Waals surface area contributed by atoms with Crippen molar-refractivity contribution in [3.05, 3.63) is 36.0 Å². The minimum atomic E-state index is 0.525. The lowest BCUT2D eigenvalue weighted by atomic mass is 9.83. The van der Waals surface area contributed by atoms with Crippen molar-refractivity contribution in [2.24, 2.45) is 0 Å². The average molecular weight is 214 g/mol. The van der Waals surface area contributed by atoms with E-state index in [2.05, 4.69) is 10.3 Å². The molecule has 1 aromatic heterocycles. The van der Waals surface area contributed by atoms with E-state index in [-0.39, 0.29) is 0 Å². The van der Waals surface area contributed by atoms with Gasteiger partial charge in [-0.1, -0.05) is 29.8 Å². The van der Waals surface area contributed by atoms with Gasteiger partial charge in [0.05, 0.1) is 5.69 Å². The van der Waals surface area contributed by atoms with Gasteiger partial charge in [-0.2, -0.15) is 4.68 Å². The van der Waals surface area contributed by atoms with Crippen molar-refractivity contribution in [3.8, 4) is 5.69 Å². The second kappa shape index (κ2) is 3.63. The summed E-state index contributed by atoms with van der Waals surface area (Å²) in [6.07, 6.45) is 3.66. The molecule has 1 fully saturated rings. The molecule has 1 heterocycles. The smallest absolute Gasteiger partial charge is 0.151 e. The number of hydrogen-bond donors (Lipinski definition) is 1. The van der Waals surface area contributed by atoms with Gasteiger partial charge in [-0.05, 0) is 25.0 Å². The molecule has 2 aromatic rings. The van der Waals surface area contributed by atoms with Gasteiger partial charge in [0.2, 0.25) is 0 Å². The summed E-state index contributed by atoms with van der Waals surface area (Å²) < 4.78 is 1.72. The number of nitrogens with two attached hydrogens (primary N) is 1. The van der Waals surface area contributed by atoms with E-state index in [0.29, 0.717) is 11.7 Å². The highest BCUT2D eigenvalue weighted by molar-refractivity contribution is 5.45. The maximum atomic E-state index is 6.08. The van der Waals surface area contributed by atoms with Gasteiger partial charge in [0.25, 0.3) is 0 Å². The quantitative estimate of drug-likeness (QED) is 0.833. The fourth-order valence-electron chi connectivity index (χ4n) is 2.03. The summed E-state index contributed by atoms with van der Waals surface area (Å²) in [7, 11) is 0. The summed E-state index contributed by atoms with van der Waals surface area (Å²) in [5, 5.41) is 8.33. The Bertz CT molecular complexity index is 485. The predicted octanol–water partition coefficient (Wildman–Crippen LogP) is 2.12. The topological polar surface area (TPSA) is 56.7 Å². The van der Waals surface area contributed by atoms with Gasteiger partial charge in [-0.25, -0.2) is 0 Å². The third-order valence-corrected chi connectivity index (χ3v) is 3.23. The van der Waals surface area contributed by atoms with E-state index in [4.69, 9.17) is 5.73 Å². The van der Waals surface area contributed by atoms with E-state index in [1.807, 2.05) is 30.3 Å². The molecule has 0 bridgehead atoms. The fraction of sp³-hybridized carbons (Fsp3) is 0.333. The minimum Gasteiger partial charge on any atom is -0.382 e. The Kier molecular flexibility index (Phi) is 2.13. The zero-order valence-corrected chi connectivity index (χ0v) is 9.00. The molecule has 4 nitrogen and oxygen atoms in total. The first-order valence-electron chi connectivity index (χ1n) is 5.63. The molecule has 0 unspecified atom stereocenters. The third kappa shape index (κ3) is 1.38. The van der Waals surface area contributed by atoms with Gasteiger partial charge in [0.1, 0.15) is 5.69 Å². The number of rotatable bonds is 2. The maximum absolute atomic E-state index is 6.08. The monoisotopic (exact) mass is 214 g/mol. The van der Waals surface area contributed by atoms with Crippen molar-refractivity contribution in [2.75, 3.05) is 5.73 Å². The summed E-state index contributed by atoms with van der Waals surface area (Å²) in [6, 6.07) is 9.88. The van der Waals surface area contributed by atoms with E-state index in [0.717, 1.165) is 11.4 Å². The zero-order chi connectivity index (χ0) is 11.0. The Morgan fingerprint density at radius 1 is 1.19 bits per heavy atom. The molecule has 2 N–H and O–H groups in total. The van der Waals surface area contributed by atoms with Crippen LogP contribution in [0, 0.1) is 0 Å². The number of nitrogen functional groups attached to an aromatic ring is 1. The average Bonchev–Trinajstić information content (AvgIpc) is 2.60. The number of anilines is 1. The number of nitrogens with zero attached hydrogens (tertiary/aromatic N) is 3. The van der Waals surface area contributed by atoms with Crippen molar-refractivity contribution in [2.45, 2.75) is 25.2 Å². The van der Waals surface area contributed by atoms with Gasteiger partial charge in [-0.3, -0.25) is 0 Å². The molecule has 16 heavy (non-hydrogen) atoms. The Balaban J connectivity index is 2.00. The van der Waals surface area contributed by atoms with Crippen molar-refractivity contribution in [3.63, 3.8) is 0 Å². The Labute approximate surface area is 94.1 Å². The zero-order valence-electron chi connectivity index (χ0n) is 9.00. The van der Waals surface area contributed by atoms with E-state index in [1.165, 1.54) is 19.3 Å². The van der Waals surface area contributed by atoms with Crippen LogP contribution in [0.15, 0.2) is 30.3 Å². The summed E-state index contributed by atoms with van der Waals surface area (Å²) in [5.41, 5.74) is 8.02. The standard InChI is InChI=1S/C12H14N4/c13-12-11(9-5-4-6-9)14-15-16(12)10-7-2-1-3-8-10/h1-3,7-9H,4-6,13H2. The SMILES string of the molecule is Nc1c(C2CCC2)nnn1-c1ccccc1. The van der Waals surface area contributed by atoms with Crippen LogP contribution >= 0.6 is 0 Å². The van der Waals surface area contributed by atoms with Gasteiger partial charge >= 0.3 is 0 Å². The number of para-hydroxylation sites is 1. The highest BCUT2D eigenvalue weighted by Crippen LogP contribution is 2.37. The largest absolute Gasteiger partial charge is 0.382 e. The first-order chi connectivity index (χ1) is 7.86. The van der Waals surface area contributed by atoms with Crippen molar-refractivity contribution in [1.29, 1.82) is 0 Å². The second-order valence-electron chi connectivity index (χ2n) is 4.24. The van der Waals surface area contributed by atoms with E-state index < -0.39 is 0 Å². The van der Waals surface area contributed by atoms with Crippen LogP contribution in [-0.4, -0.2) is 15.0 Å². The Hall–Kier alpha value is -1.84. The lowest BCUT2D eigenvalue weighted by Crippen LogP contribution is -2.12. The number of hydrogen-bond acceptors (Lipinski definition) is 3. The molecule has 4 heteroatoms. The van der Waals surface area contributed by atoms with Crippen LogP contribution in [0.1, 0.15) is 30.9 Å². The molecule has 1 saturated carbocycles. The summed E-state index contributed by atoms with van der Waals surface area (Å²) in [4.78, 5) is 0. The molecule has 0 spiro atoms. The first kappa shape index (κ1) is 9.39. The molecule has 82 valence electrons. The highest BCUT2D eigenvalue weighted by atomic mass is 15.5. The van der Waals surface area contributed by atoms with Crippen molar-refractivity contribution >= 4 is 5.82 Å². The molecule has 0 amide bonds. The van der Waals surface area contributed by atoms with Gasteiger partial charge < -0.3 is 5.73 Å². The van der Waals surface area contributed by atoms with E-state index in [9.17, 15) is 0 Å². The Morgan fingerprint density at radius 3 is 2.56 bits per heavy atom. The molecule has 3 rings (SSSR count). The van der Waals surface area contributed by atoms with Gasteiger partial charge in [-0.15, -0.1) is 5.10 Å². The third-order valence-electron chi connectivity index (χ3n) is 3.23. The van der Waals surface area contributed by atoms with E-state index in [1.54, 1.807) is 4.68 Å². The van der Waals surface area contributed by atoms with Crippen LogP contribution in [0.4, 0.5) is 5.82 Å². The lowest BCUT2D eigenvalue weighted by molar-refractivity contribution is 0.411. The highest BCUT2D eigenvalue weighted by Gasteiger charge is 2.26. The molecule has 0 radical (unpaired) electrons. The molecular formula is C12H14N4. The summed E-state index contributed by atoms with van der Waals surface area (Å²) >= 11 is 0. The molecule has 0 atom stereocenters. The predicted molar refractivity (Wildman–Crippen MR) is 62.4 cm³/mol. The Morgan fingerprint density at radius 2 is 1.94 bits per heavy atom. The minimum absolute atomic E-state index is 0.525. The van der Waals surface area contributed by atoms with Crippen LogP contribution in [0.3, 0.4) is 0 Å². The van der Waals surface area contributed by atoms with Crippen LogP contribution < -0.4 is 5.73 Å². The van der Waals surface area contributed by atoms with Crippen molar-refractivity contribution < 1.29 is 0 Å². The lowest BCUT2D eigenvalue weighted by Gasteiger charge is -2.23. The normalized spacial score (nSPS) is 16.0. The summed E-state index contributed by atoms with van der Waals surface area (Å²) in [5.74, 6) is 1.22. The van der Waals surface area contributed by atoms with Crippen LogP contribution in [0.5, 0.6) is 0 Å². The van der Waals surface area contributed by atoms with E-state index >= 15 is 0 Å². The maximum Gasteiger partial charge on any atom is 0.151 e. The van der Waals surface area contributed by atoms with Gasteiger partial charge in [0, 0.05) is 5.92 Å². The number of aromatic nitrogens is 3. The molecule has 0 aliphatic heterocycles. The molecule has 1 aliphatic rings. The molecule has 1 aromatic carbocycles. The van der Waals surface area contributed by atoms with Crippen LogP contribution in [-0.2, 0) is 0 Å². The fourth-order valence-corrected chi connectivity index (χ4v) is 2.03. The molecule has 1 aliphatic carbocycles. The van der Waals surface area contributed by atoms with Crippen LogP contribution in [0.25, 0.3) is 5.69 Å². The molecular weight excluding hydrogens is 200 g/mol. The first-order valence-corrected chi connectivity index (χ1v) is 5.63. The molecule has 0 saturated heterocycles. The summed E-state index contributed by atoms with van der Waals surface area (Å²) in [6.45, 7) is 0. The van der Waals surface area contributed by atoms with Crippen LogP contribution in [0.2, 0.25) is 0 Å². The second-order valence-corrected chi connectivity index (χ2v) is 4.24.